The Morgan fingerprint density at radius 2 is 1.37 bits per heavy atom. The molecular formula is C17H14N2. The topological polar surface area (TPSA) is 17.3 Å². The third-order valence-electron chi connectivity index (χ3n) is 2.97. The summed E-state index contributed by atoms with van der Waals surface area (Å²) >= 11 is 0. The maximum atomic E-state index is 4.13. The Balaban J connectivity index is 2.43. The van der Waals surface area contributed by atoms with Crippen LogP contribution in [0.3, 0.4) is 0 Å². The van der Waals surface area contributed by atoms with Crippen LogP contribution < -0.4 is 0 Å². The number of para-hydroxylation sites is 1. The summed E-state index contributed by atoms with van der Waals surface area (Å²) in [5, 5.41) is 2.45. The van der Waals surface area contributed by atoms with Crippen LogP contribution in [0.25, 0.3) is 16.3 Å². The molecule has 2 aromatic heterocycles. The maximum Gasteiger partial charge on any atom is 0.0594 e. The van der Waals surface area contributed by atoms with Crippen LogP contribution in [0.2, 0.25) is 0 Å². The summed E-state index contributed by atoms with van der Waals surface area (Å²) in [6, 6.07) is 20.4. The van der Waals surface area contributed by atoms with Crippen molar-refractivity contribution < 1.29 is 0 Å². The summed E-state index contributed by atoms with van der Waals surface area (Å²) < 4.78 is 2.13. The largest absolute Gasteiger partial charge is 0.323 e. The quantitative estimate of drug-likeness (QED) is 0.582. The minimum Gasteiger partial charge on any atom is -0.323 e. The van der Waals surface area contributed by atoms with E-state index in [-0.39, 0.29) is 0 Å². The summed E-state index contributed by atoms with van der Waals surface area (Å²) in [7, 11) is 0. The van der Waals surface area contributed by atoms with E-state index in [0.29, 0.717) is 0 Å². The maximum absolute atomic E-state index is 4.13. The van der Waals surface area contributed by atoms with Gasteiger partial charge in [0.25, 0.3) is 0 Å². The summed E-state index contributed by atoms with van der Waals surface area (Å²) in [5.41, 5.74) is 1.22. The zero-order valence-corrected chi connectivity index (χ0v) is 10.5. The SMILES string of the molecule is c1ccnccccn2ccc3cccc(cc1)c32. The lowest BCUT2D eigenvalue weighted by atomic mass is 10.2. The van der Waals surface area contributed by atoms with E-state index in [1.165, 1.54) is 16.3 Å². The lowest BCUT2D eigenvalue weighted by molar-refractivity contribution is 1.22. The third-order valence-corrected chi connectivity index (χ3v) is 2.97. The highest BCUT2D eigenvalue weighted by atomic mass is 14.8. The van der Waals surface area contributed by atoms with Gasteiger partial charge >= 0.3 is 0 Å². The molecule has 19 heavy (non-hydrogen) atoms. The Hall–Kier alpha value is -2.61. The zero-order chi connectivity index (χ0) is 12.9. The third kappa shape index (κ3) is 2.47. The monoisotopic (exact) mass is 246 g/mol. The van der Waals surface area contributed by atoms with Gasteiger partial charge in [-0.3, -0.25) is 4.98 Å². The predicted octanol–water partition coefficient (Wildman–Crippen LogP) is 4.17. The van der Waals surface area contributed by atoms with Gasteiger partial charge in [-0.15, -0.1) is 0 Å². The molecule has 0 bridgehead atoms. The number of hydrogen-bond donors (Lipinski definition) is 0. The van der Waals surface area contributed by atoms with Gasteiger partial charge in [0, 0.05) is 30.2 Å². The summed E-state index contributed by atoms with van der Waals surface area (Å²) in [4.78, 5) is 4.13. The number of rotatable bonds is 0. The molecule has 0 aliphatic carbocycles. The fourth-order valence-electron chi connectivity index (χ4n) is 2.12. The Labute approximate surface area is 112 Å². The number of nitrogens with zero attached hydrogens (tertiary/aromatic N) is 2. The van der Waals surface area contributed by atoms with Crippen molar-refractivity contribution in [3.63, 3.8) is 0 Å². The molecule has 0 saturated heterocycles. The van der Waals surface area contributed by atoms with Crippen molar-refractivity contribution in [1.29, 1.82) is 0 Å². The van der Waals surface area contributed by atoms with Crippen LogP contribution in [0.1, 0.15) is 0 Å². The lowest BCUT2D eigenvalue weighted by Gasteiger charge is -1.95. The first-order valence-corrected chi connectivity index (χ1v) is 6.24. The molecule has 2 heteroatoms. The van der Waals surface area contributed by atoms with Crippen molar-refractivity contribution in [3.05, 3.63) is 85.5 Å². The second-order valence-corrected chi connectivity index (χ2v) is 4.23. The van der Waals surface area contributed by atoms with E-state index in [9.17, 15) is 0 Å². The Morgan fingerprint density at radius 1 is 0.632 bits per heavy atom. The summed E-state index contributed by atoms with van der Waals surface area (Å²) in [5.74, 6) is 0. The highest BCUT2D eigenvalue weighted by molar-refractivity contribution is 5.95. The molecule has 2 nitrogen and oxygen atoms in total. The van der Waals surface area contributed by atoms with Crippen molar-refractivity contribution in [2.75, 3.05) is 0 Å². The van der Waals surface area contributed by atoms with E-state index in [1.54, 1.807) is 12.4 Å². The molecule has 0 aliphatic rings. The van der Waals surface area contributed by atoms with E-state index in [0.717, 1.165) is 0 Å². The molecule has 0 radical (unpaired) electrons. The van der Waals surface area contributed by atoms with Crippen molar-refractivity contribution in [1.82, 2.24) is 9.38 Å². The van der Waals surface area contributed by atoms with Gasteiger partial charge in [-0.05, 0) is 29.7 Å². The van der Waals surface area contributed by atoms with Gasteiger partial charge in [0.05, 0.1) is 5.52 Å². The minimum atomic E-state index is 1.21. The average molecular weight is 246 g/mol. The Kier molecular flexibility index (Phi) is 3.24. The van der Waals surface area contributed by atoms with Crippen molar-refractivity contribution in [2.24, 2.45) is 0 Å². The molecule has 3 rings (SSSR count). The van der Waals surface area contributed by atoms with Crippen molar-refractivity contribution >= 4 is 16.3 Å². The van der Waals surface area contributed by atoms with E-state index < -0.39 is 0 Å². The number of benzene rings is 1. The van der Waals surface area contributed by atoms with E-state index in [2.05, 4.69) is 45.9 Å². The molecule has 0 atom stereocenters. The first kappa shape index (κ1) is 11.5. The van der Waals surface area contributed by atoms with Crippen LogP contribution in [0.15, 0.2) is 85.5 Å². The lowest BCUT2D eigenvalue weighted by Crippen LogP contribution is -1.77. The Bertz CT molecular complexity index is 787. The van der Waals surface area contributed by atoms with Gasteiger partial charge in [0.15, 0.2) is 0 Å². The second kappa shape index (κ2) is 5.36. The van der Waals surface area contributed by atoms with Crippen LogP contribution >= 0.6 is 0 Å². The molecule has 0 amide bonds. The predicted molar refractivity (Wildman–Crippen MR) is 79.1 cm³/mol. The molecule has 0 saturated carbocycles. The fraction of sp³-hybridized carbons (Fsp3) is 0. The van der Waals surface area contributed by atoms with Crippen molar-refractivity contribution in [2.45, 2.75) is 0 Å². The van der Waals surface area contributed by atoms with Gasteiger partial charge in [0.1, 0.15) is 0 Å². The molecule has 1 aromatic carbocycles. The molecule has 0 aliphatic heterocycles. The molecule has 0 N–H and O–H groups in total. The summed E-state index contributed by atoms with van der Waals surface area (Å²) in [6.45, 7) is 0. The molecule has 2 heterocycles. The van der Waals surface area contributed by atoms with E-state index >= 15 is 0 Å². The van der Waals surface area contributed by atoms with E-state index in [1.807, 2.05) is 36.5 Å². The molecule has 3 aromatic rings. The highest BCUT2D eigenvalue weighted by Gasteiger charge is 1.97. The normalized spacial score (nSPS) is 10.1. The molecular weight excluding hydrogens is 232 g/mol. The van der Waals surface area contributed by atoms with Crippen LogP contribution in [0, 0.1) is 0 Å². The van der Waals surface area contributed by atoms with Gasteiger partial charge < -0.3 is 4.40 Å². The fourth-order valence-corrected chi connectivity index (χ4v) is 2.12. The van der Waals surface area contributed by atoms with Gasteiger partial charge in [-0.2, -0.15) is 0 Å². The standard InChI is InChI=1S/C17H14N2/c1-2-7-15-8-6-9-16-10-14-19(17(15)16)13-5-4-12-18-11-3-1/h1-14H. The minimum absolute atomic E-state index is 1.21. The van der Waals surface area contributed by atoms with Gasteiger partial charge in [0.2, 0.25) is 0 Å². The number of hydrogen-bond acceptors (Lipinski definition) is 1. The van der Waals surface area contributed by atoms with E-state index in [4.69, 9.17) is 0 Å². The smallest absolute Gasteiger partial charge is 0.0594 e. The highest BCUT2D eigenvalue weighted by Crippen LogP contribution is 2.19. The molecule has 0 fully saturated rings. The first-order chi connectivity index (χ1) is 9.45. The second-order valence-electron chi connectivity index (χ2n) is 4.23. The number of aromatic nitrogens is 2. The van der Waals surface area contributed by atoms with Gasteiger partial charge in [-0.25, -0.2) is 0 Å². The first-order valence-electron chi connectivity index (χ1n) is 6.24. The zero-order valence-electron chi connectivity index (χ0n) is 10.5. The van der Waals surface area contributed by atoms with Crippen LogP contribution in [0.4, 0.5) is 0 Å². The van der Waals surface area contributed by atoms with Gasteiger partial charge in [-0.1, -0.05) is 36.4 Å². The summed E-state index contributed by atoms with van der Waals surface area (Å²) in [6.07, 6.45) is 7.66. The average Bonchev–Trinajstić information content (AvgIpc) is 2.85. The van der Waals surface area contributed by atoms with Crippen LogP contribution in [-0.4, -0.2) is 9.38 Å². The van der Waals surface area contributed by atoms with Crippen LogP contribution in [-0.2, 0) is 0 Å². The van der Waals surface area contributed by atoms with Crippen molar-refractivity contribution in [3.8, 4) is 0 Å². The molecule has 92 valence electrons. The van der Waals surface area contributed by atoms with Crippen LogP contribution in [0.5, 0.6) is 0 Å². The molecule has 0 spiro atoms. The molecule has 0 unspecified atom stereocenters. The Morgan fingerprint density at radius 3 is 2.26 bits per heavy atom.